The Morgan fingerprint density at radius 2 is 1.96 bits per heavy atom. The number of para-hydroxylation sites is 2. The summed E-state index contributed by atoms with van der Waals surface area (Å²) in [5, 5.41) is 5.67. The van der Waals surface area contributed by atoms with E-state index in [0.717, 1.165) is 11.4 Å². The van der Waals surface area contributed by atoms with Crippen LogP contribution in [-0.2, 0) is 4.79 Å². The molecule has 1 aromatic carbocycles. The molecule has 2 aromatic rings. The summed E-state index contributed by atoms with van der Waals surface area (Å²) in [6, 6.07) is 12.8. The number of nitrogens with two attached hydrogens (primary N) is 1. The van der Waals surface area contributed by atoms with E-state index in [-0.39, 0.29) is 48.8 Å². The third-order valence-corrected chi connectivity index (χ3v) is 3.15. The normalized spacial score (nSPS) is 10.6. The third-order valence-electron chi connectivity index (χ3n) is 3.15. The molecule has 0 saturated carbocycles. The number of hydrogen-bond donors (Lipinski definition) is 3. The first-order valence-corrected chi connectivity index (χ1v) is 7.52. The largest absolute Gasteiger partial charge is 0.495 e. The average Bonchev–Trinajstić information content (AvgIpc) is 2.55. The zero-order chi connectivity index (χ0) is 17.4. The maximum Gasteiger partial charge on any atom is 0.227 e. The van der Waals surface area contributed by atoms with Crippen LogP contribution in [0.3, 0.4) is 0 Å². The smallest absolute Gasteiger partial charge is 0.227 e. The molecular formula is C17H22IN5O2. The van der Waals surface area contributed by atoms with Crippen molar-refractivity contribution in [3.8, 4) is 5.75 Å². The lowest BCUT2D eigenvalue weighted by Crippen LogP contribution is -2.24. The minimum absolute atomic E-state index is 0. The van der Waals surface area contributed by atoms with E-state index < -0.39 is 0 Å². The van der Waals surface area contributed by atoms with Crippen LogP contribution in [0.15, 0.2) is 47.5 Å². The third kappa shape index (κ3) is 6.96. The molecular weight excluding hydrogens is 433 g/mol. The van der Waals surface area contributed by atoms with Crippen molar-refractivity contribution in [3.05, 3.63) is 48.2 Å². The molecule has 1 heterocycles. The summed E-state index contributed by atoms with van der Waals surface area (Å²) in [5.74, 6) is 1.26. The number of ether oxygens (including phenoxy) is 1. The molecule has 0 bridgehead atoms. The van der Waals surface area contributed by atoms with Crippen LogP contribution in [0, 0.1) is 6.92 Å². The van der Waals surface area contributed by atoms with E-state index in [1.54, 1.807) is 13.2 Å². The molecule has 8 heteroatoms. The van der Waals surface area contributed by atoms with Crippen LogP contribution in [0.25, 0.3) is 0 Å². The number of carbonyl (C=O) groups is 1. The number of benzene rings is 1. The molecule has 0 saturated heterocycles. The Kier molecular flexibility index (Phi) is 8.68. The monoisotopic (exact) mass is 455 g/mol. The van der Waals surface area contributed by atoms with Gasteiger partial charge in [-0.3, -0.25) is 9.79 Å². The summed E-state index contributed by atoms with van der Waals surface area (Å²) in [6.07, 6.45) is 0.212. The quantitative estimate of drug-likeness (QED) is 0.353. The van der Waals surface area contributed by atoms with Crippen LogP contribution in [-0.4, -0.2) is 30.5 Å². The van der Waals surface area contributed by atoms with Crippen LogP contribution in [0.1, 0.15) is 12.1 Å². The summed E-state index contributed by atoms with van der Waals surface area (Å²) in [4.78, 5) is 20.2. The van der Waals surface area contributed by atoms with Crippen molar-refractivity contribution in [2.45, 2.75) is 13.3 Å². The van der Waals surface area contributed by atoms with Gasteiger partial charge in [-0.15, -0.1) is 24.0 Å². The number of anilines is 2. The number of nitrogens with zero attached hydrogens (tertiary/aromatic N) is 2. The molecule has 1 aromatic heterocycles. The number of rotatable bonds is 6. The van der Waals surface area contributed by atoms with Crippen molar-refractivity contribution in [3.63, 3.8) is 0 Å². The Hall–Kier alpha value is -2.36. The maximum absolute atomic E-state index is 11.9. The van der Waals surface area contributed by atoms with Crippen molar-refractivity contribution in [2.75, 3.05) is 24.3 Å². The lowest BCUT2D eigenvalue weighted by molar-refractivity contribution is -0.116. The Morgan fingerprint density at radius 1 is 1.20 bits per heavy atom. The highest BCUT2D eigenvalue weighted by atomic mass is 127. The molecule has 0 fully saturated rings. The maximum atomic E-state index is 11.9. The molecule has 134 valence electrons. The minimum atomic E-state index is -0.165. The zero-order valence-electron chi connectivity index (χ0n) is 14.2. The second-order valence-electron chi connectivity index (χ2n) is 5.05. The summed E-state index contributed by atoms with van der Waals surface area (Å²) in [6.45, 7) is 2.13. The van der Waals surface area contributed by atoms with Crippen molar-refractivity contribution in [2.24, 2.45) is 10.7 Å². The molecule has 0 atom stereocenters. The van der Waals surface area contributed by atoms with Gasteiger partial charge in [-0.1, -0.05) is 18.2 Å². The summed E-state index contributed by atoms with van der Waals surface area (Å²) in [5.41, 5.74) is 7.39. The zero-order valence-corrected chi connectivity index (χ0v) is 16.5. The predicted octanol–water partition coefficient (Wildman–Crippen LogP) is 2.77. The van der Waals surface area contributed by atoms with Crippen molar-refractivity contribution < 1.29 is 9.53 Å². The number of aliphatic imine (C=N–C) groups is 1. The second-order valence-corrected chi connectivity index (χ2v) is 5.05. The summed E-state index contributed by atoms with van der Waals surface area (Å²) < 4.78 is 5.22. The van der Waals surface area contributed by atoms with Crippen LogP contribution in [0.5, 0.6) is 5.75 Å². The van der Waals surface area contributed by atoms with E-state index in [9.17, 15) is 4.79 Å². The van der Waals surface area contributed by atoms with Gasteiger partial charge < -0.3 is 21.1 Å². The molecule has 0 spiro atoms. The molecule has 7 nitrogen and oxygen atoms in total. The van der Waals surface area contributed by atoms with E-state index in [1.165, 1.54) is 0 Å². The number of nitrogens with one attached hydrogen (secondary N) is 2. The number of aryl methyl sites for hydroxylation is 1. The highest BCUT2D eigenvalue weighted by molar-refractivity contribution is 14.0. The van der Waals surface area contributed by atoms with Gasteiger partial charge in [0.1, 0.15) is 11.6 Å². The lowest BCUT2D eigenvalue weighted by atomic mass is 10.3. The SMILES string of the molecule is COc1ccccc1NC(N)=NCCC(=O)Nc1cccc(C)n1.I. The van der Waals surface area contributed by atoms with Crippen LogP contribution in [0.2, 0.25) is 0 Å². The molecule has 0 aliphatic carbocycles. The van der Waals surface area contributed by atoms with Crippen LogP contribution >= 0.6 is 24.0 Å². The minimum Gasteiger partial charge on any atom is -0.495 e. The van der Waals surface area contributed by atoms with E-state index >= 15 is 0 Å². The van der Waals surface area contributed by atoms with Crippen molar-refractivity contribution >= 4 is 47.3 Å². The standard InChI is InChI=1S/C17H21N5O2.HI/c1-12-6-5-9-15(20-12)22-16(23)10-11-19-17(18)21-13-7-3-4-8-14(13)24-2;/h3-9H,10-11H2,1-2H3,(H3,18,19,21)(H,20,22,23);1H. The predicted molar refractivity (Wildman–Crippen MR) is 111 cm³/mol. The lowest BCUT2D eigenvalue weighted by Gasteiger charge is -2.10. The number of guanidine groups is 1. The van der Waals surface area contributed by atoms with E-state index in [2.05, 4.69) is 20.6 Å². The van der Waals surface area contributed by atoms with E-state index in [4.69, 9.17) is 10.5 Å². The number of pyridine rings is 1. The van der Waals surface area contributed by atoms with Crippen LogP contribution in [0.4, 0.5) is 11.5 Å². The average molecular weight is 455 g/mol. The highest BCUT2D eigenvalue weighted by Crippen LogP contribution is 2.22. The Labute approximate surface area is 164 Å². The van der Waals surface area contributed by atoms with Crippen LogP contribution < -0.4 is 21.1 Å². The van der Waals surface area contributed by atoms with Gasteiger partial charge in [0.05, 0.1) is 19.3 Å². The van der Waals surface area contributed by atoms with Gasteiger partial charge in [-0.25, -0.2) is 4.98 Å². The molecule has 4 N–H and O–H groups in total. The first-order valence-electron chi connectivity index (χ1n) is 7.52. The van der Waals surface area contributed by atoms with Gasteiger partial charge in [-0.2, -0.15) is 0 Å². The first-order chi connectivity index (χ1) is 11.6. The Morgan fingerprint density at radius 3 is 2.68 bits per heavy atom. The molecule has 0 radical (unpaired) electrons. The second kappa shape index (κ2) is 10.5. The number of amides is 1. The molecule has 0 aliphatic heterocycles. The van der Waals surface area contributed by atoms with Gasteiger partial charge in [-0.05, 0) is 31.2 Å². The first kappa shape index (κ1) is 20.7. The van der Waals surface area contributed by atoms with Gasteiger partial charge >= 0.3 is 0 Å². The number of hydrogen-bond acceptors (Lipinski definition) is 4. The summed E-state index contributed by atoms with van der Waals surface area (Å²) in [7, 11) is 1.58. The van der Waals surface area contributed by atoms with Crippen molar-refractivity contribution in [1.29, 1.82) is 0 Å². The molecule has 0 unspecified atom stereocenters. The fourth-order valence-electron chi connectivity index (χ4n) is 2.02. The summed E-state index contributed by atoms with van der Waals surface area (Å²) >= 11 is 0. The number of carbonyl (C=O) groups excluding carboxylic acids is 1. The van der Waals surface area contributed by atoms with Gasteiger partial charge in [0.2, 0.25) is 5.91 Å². The molecule has 1 amide bonds. The Balaban J connectivity index is 0.00000312. The number of aromatic nitrogens is 1. The van der Waals surface area contributed by atoms with E-state index in [1.807, 2.05) is 43.3 Å². The van der Waals surface area contributed by atoms with Crippen molar-refractivity contribution in [1.82, 2.24) is 4.98 Å². The highest BCUT2D eigenvalue weighted by Gasteiger charge is 2.04. The molecule has 25 heavy (non-hydrogen) atoms. The Bertz CT molecular complexity index is 736. The van der Waals surface area contributed by atoms with Gasteiger partial charge in [0.25, 0.3) is 0 Å². The fraction of sp³-hybridized carbons (Fsp3) is 0.235. The fourth-order valence-corrected chi connectivity index (χ4v) is 2.02. The number of halogens is 1. The van der Waals surface area contributed by atoms with E-state index in [0.29, 0.717) is 11.6 Å². The van der Waals surface area contributed by atoms with Gasteiger partial charge in [0.15, 0.2) is 5.96 Å². The molecule has 2 rings (SSSR count). The molecule has 0 aliphatic rings. The number of methoxy groups -OCH3 is 1. The van der Waals surface area contributed by atoms with Gasteiger partial charge in [0, 0.05) is 12.1 Å². The topological polar surface area (TPSA) is 102 Å².